The third-order valence-electron chi connectivity index (χ3n) is 4.06. The van der Waals surface area contributed by atoms with Crippen LogP contribution >= 0.6 is 11.6 Å². The molecule has 0 radical (unpaired) electrons. The summed E-state index contributed by atoms with van der Waals surface area (Å²) in [6, 6.07) is 13.7. The summed E-state index contributed by atoms with van der Waals surface area (Å²) in [6.45, 7) is 1.95. The summed E-state index contributed by atoms with van der Waals surface area (Å²) in [6.07, 6.45) is 1.20. The van der Waals surface area contributed by atoms with Gasteiger partial charge in [0.25, 0.3) is 5.91 Å². The Labute approximate surface area is 146 Å². The van der Waals surface area contributed by atoms with Crippen molar-refractivity contribution in [3.8, 4) is 5.75 Å². The summed E-state index contributed by atoms with van der Waals surface area (Å²) >= 11 is 6.08. The third-order valence-corrected chi connectivity index (χ3v) is 4.37. The summed E-state index contributed by atoms with van der Waals surface area (Å²) in [5.74, 6) is 0.0259. The first-order valence-electron chi connectivity index (χ1n) is 8.01. The van der Waals surface area contributed by atoms with Crippen LogP contribution in [0, 0.1) is 5.82 Å². The van der Waals surface area contributed by atoms with E-state index in [2.05, 4.69) is 0 Å². The highest BCUT2D eigenvalue weighted by atomic mass is 35.5. The van der Waals surface area contributed by atoms with Gasteiger partial charge in [0, 0.05) is 18.2 Å². The quantitative estimate of drug-likeness (QED) is 0.773. The molecule has 1 unspecified atom stereocenters. The van der Waals surface area contributed by atoms with Crippen molar-refractivity contribution in [3.05, 3.63) is 64.9 Å². The van der Waals surface area contributed by atoms with Gasteiger partial charge in [0.15, 0.2) is 6.10 Å². The molecule has 1 saturated carbocycles. The maximum absolute atomic E-state index is 13.9. The van der Waals surface area contributed by atoms with Crippen LogP contribution in [0.25, 0.3) is 0 Å². The van der Waals surface area contributed by atoms with E-state index in [1.807, 2.05) is 0 Å². The Morgan fingerprint density at radius 1 is 1.25 bits per heavy atom. The Hall–Kier alpha value is -2.07. The van der Waals surface area contributed by atoms with E-state index in [1.54, 1.807) is 54.3 Å². The van der Waals surface area contributed by atoms with Crippen molar-refractivity contribution in [3.63, 3.8) is 0 Å². The van der Waals surface area contributed by atoms with Gasteiger partial charge in [-0.25, -0.2) is 4.39 Å². The number of amides is 1. The molecule has 3 rings (SSSR count). The molecule has 0 bridgehead atoms. The van der Waals surface area contributed by atoms with Gasteiger partial charge in [0.05, 0.1) is 5.02 Å². The molecule has 0 saturated heterocycles. The van der Waals surface area contributed by atoms with Crippen LogP contribution in [0.2, 0.25) is 5.02 Å². The molecule has 0 heterocycles. The Balaban J connectivity index is 1.72. The molecule has 126 valence electrons. The average molecular weight is 348 g/mol. The van der Waals surface area contributed by atoms with Gasteiger partial charge >= 0.3 is 0 Å². The van der Waals surface area contributed by atoms with Crippen LogP contribution in [-0.2, 0) is 11.3 Å². The van der Waals surface area contributed by atoms with E-state index >= 15 is 0 Å². The van der Waals surface area contributed by atoms with E-state index in [0.29, 0.717) is 16.3 Å². The predicted octanol–water partition coefficient (Wildman–Crippen LogP) is 4.44. The average Bonchev–Trinajstić information content (AvgIpc) is 3.40. The zero-order valence-electron chi connectivity index (χ0n) is 13.4. The minimum absolute atomic E-state index is 0.152. The molecular formula is C19H19ClFNO2. The number of rotatable bonds is 6. The topological polar surface area (TPSA) is 29.5 Å². The second kappa shape index (κ2) is 7.22. The lowest BCUT2D eigenvalue weighted by Gasteiger charge is -2.26. The van der Waals surface area contributed by atoms with Crippen molar-refractivity contribution in [2.24, 2.45) is 0 Å². The highest BCUT2D eigenvalue weighted by Crippen LogP contribution is 2.31. The monoisotopic (exact) mass is 347 g/mol. The summed E-state index contributed by atoms with van der Waals surface area (Å²) in [7, 11) is 0. The number of ether oxygens (including phenoxy) is 1. The van der Waals surface area contributed by atoms with Crippen LogP contribution in [0.3, 0.4) is 0 Å². The number of carbonyl (C=O) groups excluding carboxylic acids is 1. The lowest BCUT2D eigenvalue weighted by Crippen LogP contribution is -2.41. The normalized spacial score (nSPS) is 15.0. The maximum atomic E-state index is 13.9. The lowest BCUT2D eigenvalue weighted by atomic mass is 10.2. The molecule has 1 amide bonds. The van der Waals surface area contributed by atoms with Crippen molar-refractivity contribution in [2.75, 3.05) is 0 Å². The molecule has 24 heavy (non-hydrogen) atoms. The van der Waals surface area contributed by atoms with Crippen molar-refractivity contribution < 1.29 is 13.9 Å². The second-order valence-corrected chi connectivity index (χ2v) is 6.39. The summed E-state index contributed by atoms with van der Waals surface area (Å²) in [5.41, 5.74) is 0.516. The Morgan fingerprint density at radius 2 is 1.92 bits per heavy atom. The lowest BCUT2D eigenvalue weighted by molar-refractivity contribution is -0.139. The van der Waals surface area contributed by atoms with E-state index in [-0.39, 0.29) is 24.3 Å². The van der Waals surface area contributed by atoms with Crippen molar-refractivity contribution in [1.82, 2.24) is 4.90 Å². The highest BCUT2D eigenvalue weighted by Gasteiger charge is 2.35. The molecule has 3 nitrogen and oxygen atoms in total. The number of hydrogen-bond acceptors (Lipinski definition) is 2. The molecule has 2 aromatic rings. The van der Waals surface area contributed by atoms with E-state index < -0.39 is 6.10 Å². The van der Waals surface area contributed by atoms with E-state index in [9.17, 15) is 9.18 Å². The molecule has 0 spiro atoms. The molecule has 0 aliphatic heterocycles. The van der Waals surface area contributed by atoms with Gasteiger partial charge in [0.2, 0.25) is 0 Å². The van der Waals surface area contributed by atoms with E-state index in [0.717, 1.165) is 12.8 Å². The fraction of sp³-hybridized carbons (Fsp3) is 0.316. The first-order valence-corrected chi connectivity index (χ1v) is 8.39. The summed E-state index contributed by atoms with van der Waals surface area (Å²) < 4.78 is 19.6. The standard InChI is InChI=1S/C19H19ClFNO2/c1-13(24-18-9-5-3-7-16(18)20)19(23)22(15-10-11-15)12-14-6-2-4-8-17(14)21/h2-9,13,15H,10-12H2,1H3. The van der Waals surface area contributed by atoms with Gasteiger partial charge in [-0.05, 0) is 38.0 Å². The van der Waals surface area contributed by atoms with Crippen LogP contribution in [0.5, 0.6) is 5.75 Å². The third kappa shape index (κ3) is 3.88. The van der Waals surface area contributed by atoms with Gasteiger partial charge in [-0.15, -0.1) is 0 Å². The van der Waals surface area contributed by atoms with Gasteiger partial charge < -0.3 is 9.64 Å². The number of benzene rings is 2. The highest BCUT2D eigenvalue weighted by molar-refractivity contribution is 6.32. The SMILES string of the molecule is CC(Oc1ccccc1Cl)C(=O)N(Cc1ccccc1F)C1CC1. The largest absolute Gasteiger partial charge is 0.479 e. The number of para-hydroxylation sites is 1. The maximum Gasteiger partial charge on any atom is 0.263 e. The molecule has 1 atom stereocenters. The van der Waals surface area contributed by atoms with Gasteiger partial charge in [-0.3, -0.25) is 4.79 Å². The van der Waals surface area contributed by atoms with Crippen LogP contribution in [-0.4, -0.2) is 23.0 Å². The number of hydrogen-bond donors (Lipinski definition) is 0. The van der Waals surface area contributed by atoms with E-state index in [1.165, 1.54) is 6.07 Å². The van der Waals surface area contributed by atoms with E-state index in [4.69, 9.17) is 16.3 Å². The molecule has 1 aliphatic carbocycles. The van der Waals surface area contributed by atoms with Crippen molar-refractivity contribution in [1.29, 1.82) is 0 Å². The van der Waals surface area contributed by atoms with Gasteiger partial charge in [0.1, 0.15) is 11.6 Å². The van der Waals surface area contributed by atoms with Crippen LogP contribution in [0.4, 0.5) is 4.39 Å². The molecular weight excluding hydrogens is 329 g/mol. The van der Waals surface area contributed by atoms with Gasteiger partial charge in [-0.2, -0.15) is 0 Å². The fourth-order valence-corrected chi connectivity index (χ4v) is 2.78. The Kier molecular flexibility index (Phi) is 5.05. The first kappa shape index (κ1) is 16.8. The minimum atomic E-state index is -0.683. The molecule has 1 aliphatic rings. The Morgan fingerprint density at radius 3 is 2.58 bits per heavy atom. The summed E-state index contributed by atoms with van der Waals surface area (Å²) in [4.78, 5) is 14.5. The predicted molar refractivity (Wildman–Crippen MR) is 91.5 cm³/mol. The molecule has 0 N–H and O–H groups in total. The number of carbonyl (C=O) groups is 1. The number of nitrogens with zero attached hydrogens (tertiary/aromatic N) is 1. The molecule has 2 aromatic carbocycles. The zero-order valence-corrected chi connectivity index (χ0v) is 14.2. The van der Waals surface area contributed by atoms with Crippen LogP contribution in [0.15, 0.2) is 48.5 Å². The van der Waals surface area contributed by atoms with Crippen LogP contribution < -0.4 is 4.74 Å². The second-order valence-electron chi connectivity index (χ2n) is 5.98. The Bertz CT molecular complexity index is 733. The zero-order chi connectivity index (χ0) is 17.1. The first-order chi connectivity index (χ1) is 11.6. The number of halogens is 2. The minimum Gasteiger partial charge on any atom is -0.479 e. The fourth-order valence-electron chi connectivity index (χ4n) is 2.60. The van der Waals surface area contributed by atoms with Crippen molar-refractivity contribution >= 4 is 17.5 Å². The van der Waals surface area contributed by atoms with Crippen LogP contribution in [0.1, 0.15) is 25.3 Å². The smallest absolute Gasteiger partial charge is 0.263 e. The van der Waals surface area contributed by atoms with Gasteiger partial charge in [-0.1, -0.05) is 41.9 Å². The molecule has 0 aromatic heterocycles. The summed E-state index contributed by atoms with van der Waals surface area (Å²) in [5, 5.41) is 0.462. The molecule has 1 fully saturated rings. The van der Waals surface area contributed by atoms with Crippen molar-refractivity contribution in [2.45, 2.75) is 38.5 Å². The molecule has 5 heteroatoms.